The quantitative estimate of drug-likeness (QED) is 0.365. The van der Waals surface area contributed by atoms with Gasteiger partial charge in [0.1, 0.15) is 11.5 Å². The molecular weight excluding hydrogens is 434 g/mol. The van der Waals surface area contributed by atoms with Gasteiger partial charge in [0.25, 0.3) is 5.91 Å². The third kappa shape index (κ3) is 3.63. The summed E-state index contributed by atoms with van der Waals surface area (Å²) < 4.78 is 53.4. The zero-order valence-electron chi connectivity index (χ0n) is 16.9. The maximum atomic E-state index is 13.4. The fourth-order valence-electron chi connectivity index (χ4n) is 4.01. The van der Waals surface area contributed by atoms with Crippen molar-refractivity contribution in [2.24, 2.45) is 0 Å². The lowest BCUT2D eigenvalue weighted by molar-refractivity contribution is -0.137. The predicted octanol–water partition coefficient (Wildman–Crippen LogP) is 6.30. The lowest BCUT2D eigenvalue weighted by atomic mass is 9.95. The third-order valence-electron chi connectivity index (χ3n) is 5.58. The van der Waals surface area contributed by atoms with Gasteiger partial charge in [0, 0.05) is 29.3 Å². The Morgan fingerprint density at radius 1 is 0.939 bits per heavy atom. The highest BCUT2D eigenvalue weighted by molar-refractivity contribution is 6.46. The first kappa shape index (κ1) is 20.8. The molecule has 0 bridgehead atoms. The Labute approximate surface area is 185 Å². The Morgan fingerprint density at radius 3 is 2.39 bits per heavy atom. The monoisotopic (exact) mass is 449 g/mol. The number of carbonyl (C=O) groups is 1. The summed E-state index contributed by atoms with van der Waals surface area (Å²) in [6.45, 7) is 0. The van der Waals surface area contributed by atoms with Gasteiger partial charge >= 0.3 is 6.18 Å². The van der Waals surface area contributed by atoms with Crippen LogP contribution in [0.4, 0.5) is 28.9 Å². The zero-order chi connectivity index (χ0) is 23.3. The number of nitrogens with one attached hydrogen (secondary N) is 1. The first-order valence-corrected chi connectivity index (χ1v) is 9.99. The maximum absolute atomic E-state index is 13.4. The molecule has 1 N–H and O–H groups in total. The van der Waals surface area contributed by atoms with Gasteiger partial charge < -0.3 is 0 Å². The van der Waals surface area contributed by atoms with Crippen LogP contribution in [0.5, 0.6) is 0 Å². The van der Waals surface area contributed by atoms with E-state index in [4.69, 9.17) is 5.41 Å². The van der Waals surface area contributed by atoms with Crippen LogP contribution in [0.1, 0.15) is 11.1 Å². The second kappa shape index (κ2) is 7.51. The molecule has 1 aliphatic heterocycles. The molecule has 1 aliphatic rings. The molecule has 2 heterocycles. The maximum Gasteiger partial charge on any atom is 0.416 e. The largest absolute Gasteiger partial charge is 0.416 e. The molecule has 4 nitrogen and oxygen atoms in total. The van der Waals surface area contributed by atoms with Gasteiger partial charge in [0.05, 0.1) is 16.8 Å². The van der Waals surface area contributed by atoms with Gasteiger partial charge in [-0.1, -0.05) is 24.3 Å². The second-order valence-electron chi connectivity index (χ2n) is 7.71. The summed E-state index contributed by atoms with van der Waals surface area (Å²) >= 11 is 0. The lowest BCUT2D eigenvalue weighted by Gasteiger charge is -2.31. The third-order valence-corrected chi connectivity index (χ3v) is 5.58. The molecule has 0 fully saturated rings. The van der Waals surface area contributed by atoms with Crippen LogP contribution in [0.2, 0.25) is 0 Å². The van der Waals surface area contributed by atoms with Crippen molar-refractivity contribution >= 4 is 33.9 Å². The minimum Gasteiger partial charge on any atom is -0.299 e. The molecule has 0 saturated heterocycles. The highest BCUT2D eigenvalue weighted by Gasteiger charge is 2.35. The summed E-state index contributed by atoms with van der Waals surface area (Å²) in [6.07, 6.45) is -3.02. The fraction of sp³-hybridized carbons (Fsp3) is 0.0800. The standard InChI is InChI=1S/C25H15F4N3O/c26-18-7-4-14(5-8-18)15-6-9-22-20(10-15)23-16(13-31-22)11-21(30)24(33)32(23)19-3-1-2-17(12-19)25(27,28)29/h1-10,12-13,30H,11H2. The molecule has 33 heavy (non-hydrogen) atoms. The topological polar surface area (TPSA) is 57.1 Å². The number of anilines is 2. The molecule has 1 aromatic heterocycles. The molecular formula is C25H15F4N3O. The van der Waals surface area contributed by atoms with E-state index in [-0.39, 0.29) is 23.6 Å². The lowest BCUT2D eigenvalue weighted by Crippen LogP contribution is -2.38. The molecule has 8 heteroatoms. The van der Waals surface area contributed by atoms with Gasteiger partial charge in [-0.2, -0.15) is 13.2 Å². The molecule has 164 valence electrons. The normalized spacial score (nSPS) is 14.0. The Hall–Kier alpha value is -4.07. The number of rotatable bonds is 2. The van der Waals surface area contributed by atoms with Crippen LogP contribution in [0.15, 0.2) is 72.9 Å². The number of benzene rings is 3. The number of hydrogen-bond acceptors (Lipinski definition) is 3. The van der Waals surface area contributed by atoms with Crippen molar-refractivity contribution in [1.82, 2.24) is 4.98 Å². The van der Waals surface area contributed by atoms with Gasteiger partial charge in [-0.3, -0.25) is 20.1 Å². The van der Waals surface area contributed by atoms with Crippen LogP contribution in [0.3, 0.4) is 0 Å². The van der Waals surface area contributed by atoms with Crippen LogP contribution in [0.25, 0.3) is 22.0 Å². The van der Waals surface area contributed by atoms with E-state index in [1.54, 1.807) is 30.3 Å². The highest BCUT2D eigenvalue weighted by atomic mass is 19.4. The van der Waals surface area contributed by atoms with Crippen molar-refractivity contribution in [3.63, 3.8) is 0 Å². The number of hydrogen-bond donors (Lipinski definition) is 1. The van der Waals surface area contributed by atoms with Crippen LogP contribution in [0, 0.1) is 11.2 Å². The average molecular weight is 449 g/mol. The number of carbonyl (C=O) groups excluding carboxylic acids is 1. The van der Waals surface area contributed by atoms with E-state index in [0.29, 0.717) is 22.2 Å². The highest BCUT2D eigenvalue weighted by Crippen LogP contribution is 2.41. The Bertz CT molecular complexity index is 1430. The fourth-order valence-corrected chi connectivity index (χ4v) is 4.01. The molecule has 4 aromatic rings. The summed E-state index contributed by atoms with van der Waals surface area (Å²) in [6, 6.07) is 15.7. The first-order valence-electron chi connectivity index (χ1n) is 9.99. The number of halogens is 4. The Morgan fingerprint density at radius 2 is 1.67 bits per heavy atom. The molecule has 0 spiro atoms. The van der Waals surface area contributed by atoms with Crippen molar-refractivity contribution in [3.05, 3.63) is 89.9 Å². The Kier molecular flexibility index (Phi) is 4.74. The van der Waals surface area contributed by atoms with Crippen LogP contribution >= 0.6 is 0 Å². The zero-order valence-corrected chi connectivity index (χ0v) is 16.9. The number of nitrogens with zero attached hydrogens (tertiary/aromatic N) is 2. The van der Waals surface area contributed by atoms with Crippen molar-refractivity contribution in [3.8, 4) is 11.1 Å². The number of alkyl halides is 3. The van der Waals surface area contributed by atoms with Gasteiger partial charge in [-0.15, -0.1) is 0 Å². The van der Waals surface area contributed by atoms with Gasteiger partial charge in [0.15, 0.2) is 0 Å². The average Bonchev–Trinajstić information content (AvgIpc) is 2.79. The first-order chi connectivity index (χ1) is 15.7. The van der Waals surface area contributed by atoms with Crippen molar-refractivity contribution < 1.29 is 22.4 Å². The van der Waals surface area contributed by atoms with Gasteiger partial charge in [-0.05, 0) is 53.6 Å². The SMILES string of the molecule is N=C1Cc2cnc3ccc(-c4ccc(F)cc4)cc3c2N(c2cccc(C(F)(F)F)c2)C1=O. The van der Waals surface area contributed by atoms with E-state index in [2.05, 4.69) is 4.98 Å². The van der Waals surface area contributed by atoms with Crippen LogP contribution < -0.4 is 4.90 Å². The minimum atomic E-state index is -4.58. The molecule has 0 saturated carbocycles. The molecule has 0 aliphatic carbocycles. The summed E-state index contributed by atoms with van der Waals surface area (Å²) in [5, 5.41) is 8.66. The van der Waals surface area contributed by atoms with E-state index in [9.17, 15) is 22.4 Å². The van der Waals surface area contributed by atoms with E-state index < -0.39 is 17.6 Å². The van der Waals surface area contributed by atoms with E-state index in [1.807, 2.05) is 0 Å². The number of pyridine rings is 1. The van der Waals surface area contributed by atoms with Gasteiger partial charge in [-0.25, -0.2) is 4.39 Å². The van der Waals surface area contributed by atoms with E-state index in [0.717, 1.165) is 28.2 Å². The van der Waals surface area contributed by atoms with Crippen molar-refractivity contribution in [2.45, 2.75) is 12.6 Å². The number of aromatic nitrogens is 1. The van der Waals surface area contributed by atoms with Crippen LogP contribution in [-0.4, -0.2) is 16.6 Å². The summed E-state index contributed by atoms with van der Waals surface area (Å²) in [4.78, 5) is 18.6. The van der Waals surface area contributed by atoms with Gasteiger partial charge in [0.2, 0.25) is 0 Å². The predicted molar refractivity (Wildman–Crippen MR) is 117 cm³/mol. The van der Waals surface area contributed by atoms with E-state index in [1.165, 1.54) is 30.5 Å². The number of amides is 1. The summed E-state index contributed by atoms with van der Waals surface area (Å²) in [5.41, 5.74) is 1.84. The molecule has 0 atom stereocenters. The summed E-state index contributed by atoms with van der Waals surface area (Å²) in [7, 11) is 0. The smallest absolute Gasteiger partial charge is 0.299 e. The van der Waals surface area contributed by atoms with Crippen LogP contribution in [-0.2, 0) is 17.4 Å². The molecule has 3 aromatic carbocycles. The number of fused-ring (bicyclic) bond motifs is 3. The molecule has 0 unspecified atom stereocenters. The van der Waals surface area contributed by atoms with E-state index >= 15 is 0 Å². The summed E-state index contributed by atoms with van der Waals surface area (Å²) in [5.74, 6) is -1.07. The minimum absolute atomic E-state index is 0.0141. The molecule has 0 radical (unpaired) electrons. The molecule has 1 amide bonds. The molecule has 5 rings (SSSR count). The second-order valence-corrected chi connectivity index (χ2v) is 7.71. The Balaban J connectivity index is 1.75. The van der Waals surface area contributed by atoms with Crippen molar-refractivity contribution in [1.29, 1.82) is 5.41 Å². The van der Waals surface area contributed by atoms with Crippen molar-refractivity contribution in [2.75, 3.05) is 4.90 Å².